The van der Waals surface area contributed by atoms with Gasteiger partial charge >= 0.3 is 0 Å². The topological polar surface area (TPSA) is 104 Å². The summed E-state index contributed by atoms with van der Waals surface area (Å²) in [6.45, 7) is 6.01. The van der Waals surface area contributed by atoms with Crippen LogP contribution in [0, 0.1) is 28.9 Å². The third kappa shape index (κ3) is 5.53. The number of piperazine rings is 1. The summed E-state index contributed by atoms with van der Waals surface area (Å²) in [5.74, 6) is -0.503. The lowest BCUT2D eigenvalue weighted by Gasteiger charge is -2.41. The number of nitriles is 1. The van der Waals surface area contributed by atoms with Gasteiger partial charge in [-0.1, -0.05) is 18.3 Å². The van der Waals surface area contributed by atoms with Crippen LogP contribution in [0.4, 0.5) is 25.3 Å². The van der Waals surface area contributed by atoms with Crippen LogP contribution >= 0.6 is 11.3 Å². The molecule has 2 aliphatic rings. The zero-order chi connectivity index (χ0) is 30.2. The van der Waals surface area contributed by atoms with Gasteiger partial charge in [0, 0.05) is 64.4 Å². The first-order valence-corrected chi connectivity index (χ1v) is 15.1. The number of halogens is 2. The molecule has 0 spiro atoms. The molecule has 0 aliphatic carbocycles. The van der Waals surface area contributed by atoms with Crippen LogP contribution in [0.1, 0.15) is 17.5 Å². The van der Waals surface area contributed by atoms with E-state index in [2.05, 4.69) is 16.1 Å². The fourth-order valence-corrected chi connectivity index (χ4v) is 6.55. The first-order chi connectivity index (χ1) is 20.8. The summed E-state index contributed by atoms with van der Waals surface area (Å²) in [5.41, 5.74) is 3.83. The van der Waals surface area contributed by atoms with Crippen LogP contribution in [0.3, 0.4) is 0 Å². The van der Waals surface area contributed by atoms with E-state index in [0.29, 0.717) is 84.7 Å². The Labute approximate surface area is 252 Å². The van der Waals surface area contributed by atoms with E-state index in [9.17, 15) is 19.6 Å². The van der Waals surface area contributed by atoms with Gasteiger partial charge in [-0.05, 0) is 36.8 Å². The molecule has 1 N–H and O–H groups in total. The van der Waals surface area contributed by atoms with Crippen molar-refractivity contribution in [1.29, 1.82) is 5.26 Å². The largest absolute Gasteiger partial charge is 0.396 e. The second kappa shape index (κ2) is 11.9. The monoisotopic (exact) mass is 606 g/mol. The van der Waals surface area contributed by atoms with Crippen LogP contribution in [-0.2, 0) is 11.2 Å². The molecule has 0 radical (unpaired) electrons. The van der Waals surface area contributed by atoms with E-state index < -0.39 is 0 Å². The molecule has 1 amide bonds. The van der Waals surface area contributed by atoms with Crippen molar-refractivity contribution in [3.05, 3.63) is 58.7 Å². The Hall–Kier alpha value is -4.12. The Morgan fingerprint density at radius 2 is 1.91 bits per heavy atom. The number of benzene rings is 1. The number of hydrogen-bond donors (Lipinski definition) is 1. The Kier molecular flexibility index (Phi) is 8.00. The maximum atomic E-state index is 15.4. The molecular weight excluding hydrogens is 574 g/mol. The second-order valence-electron chi connectivity index (χ2n) is 10.9. The van der Waals surface area contributed by atoms with Crippen molar-refractivity contribution in [2.75, 3.05) is 69.3 Å². The molecule has 5 heterocycles. The number of anilines is 3. The molecule has 43 heavy (non-hydrogen) atoms. The van der Waals surface area contributed by atoms with Crippen LogP contribution in [0.5, 0.6) is 0 Å². The molecule has 3 aromatic heterocycles. The number of hydrogen-bond acceptors (Lipinski definition) is 9. The van der Waals surface area contributed by atoms with E-state index >= 15 is 4.39 Å². The molecule has 224 valence electrons. The molecular formula is C30H32F2N8O2S. The minimum Gasteiger partial charge on any atom is -0.396 e. The van der Waals surface area contributed by atoms with E-state index in [0.717, 1.165) is 11.4 Å². The predicted octanol–water partition coefficient (Wildman–Crippen LogP) is 3.51. The van der Waals surface area contributed by atoms with Crippen molar-refractivity contribution in [1.82, 2.24) is 24.4 Å². The highest BCUT2D eigenvalue weighted by Crippen LogP contribution is 2.39. The Bertz CT molecular complexity index is 1680. The highest BCUT2D eigenvalue weighted by molar-refractivity contribution is 7.16. The average molecular weight is 607 g/mol. The number of fused-ring (bicyclic) bond motifs is 1. The van der Waals surface area contributed by atoms with Crippen molar-refractivity contribution < 1.29 is 18.7 Å². The highest BCUT2D eigenvalue weighted by Gasteiger charge is 2.32. The highest BCUT2D eigenvalue weighted by atomic mass is 32.1. The molecule has 1 aromatic carbocycles. The quantitative estimate of drug-likeness (QED) is 0.325. The molecule has 0 bridgehead atoms. The van der Waals surface area contributed by atoms with Crippen molar-refractivity contribution in [3.8, 4) is 17.3 Å². The molecule has 4 aromatic rings. The molecule has 0 unspecified atom stereocenters. The lowest BCUT2D eigenvalue weighted by molar-refractivity contribution is -0.139. The number of rotatable bonds is 8. The minimum atomic E-state index is -0.383. The Morgan fingerprint density at radius 1 is 1.19 bits per heavy atom. The van der Waals surface area contributed by atoms with E-state index in [1.807, 2.05) is 29.8 Å². The Balaban J connectivity index is 1.24. The summed E-state index contributed by atoms with van der Waals surface area (Å²) in [6.07, 6.45) is 1.99. The lowest BCUT2D eigenvalue weighted by atomic mass is 10.0. The van der Waals surface area contributed by atoms with Crippen LogP contribution in [-0.4, -0.2) is 94.9 Å². The fourth-order valence-electron chi connectivity index (χ4n) is 5.69. The summed E-state index contributed by atoms with van der Waals surface area (Å²) in [5, 5.41) is 24.2. The summed E-state index contributed by atoms with van der Waals surface area (Å²) in [4.78, 5) is 25.5. The van der Waals surface area contributed by atoms with Gasteiger partial charge in [0.2, 0.25) is 5.91 Å². The van der Waals surface area contributed by atoms with Gasteiger partial charge < -0.3 is 19.8 Å². The van der Waals surface area contributed by atoms with Crippen molar-refractivity contribution in [2.24, 2.45) is 5.92 Å². The molecule has 10 nitrogen and oxygen atoms in total. The Morgan fingerprint density at radius 3 is 2.56 bits per heavy atom. The fraction of sp³-hybridized carbons (Fsp3) is 0.400. The number of nitrogens with zero attached hydrogens (tertiary/aromatic N) is 8. The van der Waals surface area contributed by atoms with Gasteiger partial charge in [-0.25, -0.2) is 18.3 Å². The number of likely N-dealkylation sites (tertiary alicyclic amines) is 1. The van der Waals surface area contributed by atoms with E-state index in [-0.39, 0.29) is 30.1 Å². The van der Waals surface area contributed by atoms with E-state index in [1.165, 1.54) is 29.7 Å². The number of thiazole rings is 1. The summed E-state index contributed by atoms with van der Waals surface area (Å²) in [7, 11) is 1.85. The SMILES string of the molecule is CCc1nn2cc(F)c(N3CCN(CC(=O)N4CC(CO)C4)CC3)cc2c1N(C)c1nc(-c2ccc(F)cc2)c(C#N)s1. The number of carbonyl (C=O) groups excluding carboxylic acids is 1. The number of carbonyl (C=O) groups is 1. The molecule has 2 fully saturated rings. The number of aliphatic hydroxyl groups excluding tert-OH is 1. The minimum absolute atomic E-state index is 0.0640. The second-order valence-corrected chi connectivity index (χ2v) is 11.9. The van der Waals surface area contributed by atoms with E-state index in [1.54, 1.807) is 21.5 Å². The molecule has 6 rings (SSSR count). The van der Waals surface area contributed by atoms with Gasteiger partial charge in [-0.2, -0.15) is 10.4 Å². The van der Waals surface area contributed by atoms with Crippen molar-refractivity contribution in [3.63, 3.8) is 0 Å². The molecule has 0 atom stereocenters. The predicted molar refractivity (Wildman–Crippen MR) is 161 cm³/mol. The number of pyridine rings is 1. The van der Waals surface area contributed by atoms with Gasteiger partial charge in [-0.3, -0.25) is 9.69 Å². The van der Waals surface area contributed by atoms with Crippen LogP contribution in [0.25, 0.3) is 16.8 Å². The van der Waals surface area contributed by atoms with Crippen LogP contribution in [0.2, 0.25) is 0 Å². The molecule has 0 saturated carbocycles. The number of aryl methyl sites for hydroxylation is 1. The third-order valence-electron chi connectivity index (χ3n) is 8.18. The number of aliphatic hydroxyl groups is 1. The summed E-state index contributed by atoms with van der Waals surface area (Å²) >= 11 is 1.23. The third-order valence-corrected chi connectivity index (χ3v) is 9.21. The van der Waals surface area contributed by atoms with Gasteiger partial charge in [0.15, 0.2) is 10.9 Å². The number of amides is 1. The normalized spacial score (nSPS) is 16.0. The zero-order valence-corrected chi connectivity index (χ0v) is 24.8. The maximum absolute atomic E-state index is 15.4. The molecule has 2 saturated heterocycles. The first-order valence-electron chi connectivity index (χ1n) is 14.3. The van der Waals surface area contributed by atoms with Gasteiger partial charge in [0.1, 0.15) is 22.5 Å². The van der Waals surface area contributed by atoms with Crippen LogP contribution < -0.4 is 9.80 Å². The van der Waals surface area contributed by atoms with Crippen molar-refractivity contribution >= 4 is 39.3 Å². The smallest absolute Gasteiger partial charge is 0.236 e. The zero-order valence-electron chi connectivity index (χ0n) is 24.0. The van der Waals surface area contributed by atoms with Gasteiger partial charge in [-0.15, -0.1) is 0 Å². The molecule has 2 aliphatic heterocycles. The number of aromatic nitrogens is 3. The lowest BCUT2D eigenvalue weighted by Crippen LogP contribution is -2.56. The summed E-state index contributed by atoms with van der Waals surface area (Å²) in [6, 6.07) is 9.90. The van der Waals surface area contributed by atoms with Gasteiger partial charge in [0.25, 0.3) is 0 Å². The summed E-state index contributed by atoms with van der Waals surface area (Å²) < 4.78 is 30.5. The van der Waals surface area contributed by atoms with Crippen LogP contribution in [0.15, 0.2) is 36.5 Å². The average Bonchev–Trinajstić information content (AvgIpc) is 3.58. The maximum Gasteiger partial charge on any atom is 0.236 e. The molecule has 13 heteroatoms. The first kappa shape index (κ1) is 29.0. The van der Waals surface area contributed by atoms with Gasteiger partial charge in [0.05, 0.1) is 35.3 Å². The van der Waals surface area contributed by atoms with Crippen molar-refractivity contribution in [2.45, 2.75) is 13.3 Å². The standard InChI is InChI=1S/C30H32F2N8O2S/c1-3-23-29(36(2)30-34-28(26(13-33)43-30)20-4-6-21(31)7-5-20)25-12-24(22(32)16-40(25)35-23)38-10-8-37(9-11-38)17-27(42)39-14-19(15-39)18-41/h4-7,12,16,19,41H,3,8-11,14-15,17-18H2,1-2H3. The van der Waals surface area contributed by atoms with E-state index in [4.69, 9.17) is 4.98 Å².